The lowest BCUT2D eigenvalue weighted by molar-refractivity contribution is 0.0374. The SMILES string of the molecule is COc1ccc(CNCCCN2CCOCC2)cn1. The van der Waals surface area contributed by atoms with Crippen LogP contribution < -0.4 is 10.1 Å². The number of hydrogen-bond donors (Lipinski definition) is 1. The molecule has 1 aromatic rings. The number of nitrogens with zero attached hydrogens (tertiary/aromatic N) is 2. The maximum Gasteiger partial charge on any atom is 0.212 e. The molecule has 2 heterocycles. The molecular formula is C14H23N3O2. The number of ether oxygens (including phenoxy) is 2. The van der Waals surface area contributed by atoms with E-state index in [4.69, 9.17) is 9.47 Å². The molecule has 1 aliphatic rings. The van der Waals surface area contributed by atoms with E-state index in [0.717, 1.165) is 45.9 Å². The summed E-state index contributed by atoms with van der Waals surface area (Å²) in [6.45, 7) is 6.95. The lowest BCUT2D eigenvalue weighted by Crippen LogP contribution is -2.37. The van der Waals surface area contributed by atoms with Crippen molar-refractivity contribution in [1.82, 2.24) is 15.2 Å². The molecule has 0 aliphatic carbocycles. The molecule has 0 bridgehead atoms. The van der Waals surface area contributed by atoms with Gasteiger partial charge in [0.1, 0.15) is 0 Å². The van der Waals surface area contributed by atoms with Crippen molar-refractivity contribution < 1.29 is 9.47 Å². The fraction of sp³-hybridized carbons (Fsp3) is 0.643. The second kappa shape index (κ2) is 8.09. The van der Waals surface area contributed by atoms with Gasteiger partial charge in [0.15, 0.2) is 0 Å². The van der Waals surface area contributed by atoms with Gasteiger partial charge in [0.05, 0.1) is 20.3 Å². The molecule has 0 radical (unpaired) electrons. The van der Waals surface area contributed by atoms with Gasteiger partial charge >= 0.3 is 0 Å². The normalized spacial score (nSPS) is 16.5. The maximum absolute atomic E-state index is 5.33. The Kier molecular flexibility index (Phi) is 6.07. The number of rotatable bonds is 7. The molecule has 2 rings (SSSR count). The van der Waals surface area contributed by atoms with Gasteiger partial charge in [-0.2, -0.15) is 0 Å². The Bertz CT molecular complexity index is 350. The first-order valence-corrected chi connectivity index (χ1v) is 6.88. The third-order valence-corrected chi connectivity index (χ3v) is 3.27. The van der Waals surface area contributed by atoms with Gasteiger partial charge in [-0.3, -0.25) is 4.90 Å². The predicted octanol–water partition coefficient (Wildman–Crippen LogP) is 0.902. The number of morpholine rings is 1. The van der Waals surface area contributed by atoms with E-state index >= 15 is 0 Å². The summed E-state index contributed by atoms with van der Waals surface area (Å²) in [4.78, 5) is 6.64. The minimum atomic E-state index is 0.663. The van der Waals surface area contributed by atoms with Crippen LogP contribution in [0.3, 0.4) is 0 Å². The van der Waals surface area contributed by atoms with Crippen molar-refractivity contribution in [2.45, 2.75) is 13.0 Å². The van der Waals surface area contributed by atoms with Crippen LogP contribution in [0.15, 0.2) is 18.3 Å². The molecule has 5 nitrogen and oxygen atoms in total. The highest BCUT2D eigenvalue weighted by atomic mass is 16.5. The Balaban J connectivity index is 1.55. The van der Waals surface area contributed by atoms with Crippen LogP contribution in [-0.4, -0.2) is 56.4 Å². The van der Waals surface area contributed by atoms with Crippen LogP contribution in [0.5, 0.6) is 5.88 Å². The van der Waals surface area contributed by atoms with Gasteiger partial charge in [-0.25, -0.2) is 4.98 Å². The third-order valence-electron chi connectivity index (χ3n) is 3.27. The molecule has 0 atom stereocenters. The van der Waals surface area contributed by atoms with Crippen molar-refractivity contribution in [3.8, 4) is 5.88 Å². The van der Waals surface area contributed by atoms with E-state index in [1.54, 1.807) is 7.11 Å². The lowest BCUT2D eigenvalue weighted by atomic mass is 10.2. The van der Waals surface area contributed by atoms with Crippen molar-refractivity contribution in [3.63, 3.8) is 0 Å². The van der Waals surface area contributed by atoms with Crippen LogP contribution in [0.25, 0.3) is 0 Å². The van der Waals surface area contributed by atoms with E-state index in [-0.39, 0.29) is 0 Å². The van der Waals surface area contributed by atoms with E-state index in [9.17, 15) is 0 Å². The summed E-state index contributed by atoms with van der Waals surface area (Å²) in [5.41, 5.74) is 1.19. The van der Waals surface area contributed by atoms with E-state index in [2.05, 4.69) is 15.2 Å². The van der Waals surface area contributed by atoms with Crippen molar-refractivity contribution in [1.29, 1.82) is 0 Å². The molecule has 0 spiro atoms. The van der Waals surface area contributed by atoms with Gasteiger partial charge in [0, 0.05) is 31.9 Å². The average molecular weight is 265 g/mol. The average Bonchev–Trinajstić information content (AvgIpc) is 2.49. The third kappa shape index (κ3) is 5.14. The van der Waals surface area contributed by atoms with Crippen LogP contribution in [-0.2, 0) is 11.3 Å². The molecule has 1 aliphatic heterocycles. The number of nitrogens with one attached hydrogen (secondary N) is 1. The number of pyridine rings is 1. The highest BCUT2D eigenvalue weighted by Gasteiger charge is 2.08. The first-order valence-electron chi connectivity index (χ1n) is 6.88. The van der Waals surface area contributed by atoms with E-state index in [1.807, 2.05) is 18.3 Å². The molecule has 0 saturated carbocycles. The zero-order chi connectivity index (χ0) is 13.3. The molecular weight excluding hydrogens is 242 g/mol. The zero-order valence-corrected chi connectivity index (χ0v) is 11.6. The van der Waals surface area contributed by atoms with Crippen molar-refractivity contribution >= 4 is 0 Å². The molecule has 0 aromatic carbocycles. The maximum atomic E-state index is 5.33. The summed E-state index contributed by atoms with van der Waals surface area (Å²) in [6.07, 6.45) is 3.03. The Labute approximate surface area is 114 Å². The van der Waals surface area contributed by atoms with Crippen molar-refractivity contribution in [3.05, 3.63) is 23.9 Å². The second-order valence-corrected chi connectivity index (χ2v) is 4.69. The molecule has 106 valence electrons. The van der Waals surface area contributed by atoms with Crippen molar-refractivity contribution in [2.24, 2.45) is 0 Å². The minimum Gasteiger partial charge on any atom is -0.481 e. The highest BCUT2D eigenvalue weighted by molar-refractivity contribution is 5.17. The first-order chi connectivity index (χ1) is 9.38. The topological polar surface area (TPSA) is 46.6 Å². The molecule has 0 unspecified atom stereocenters. The summed E-state index contributed by atoms with van der Waals surface area (Å²) in [5, 5.41) is 3.44. The van der Waals surface area contributed by atoms with Gasteiger partial charge in [-0.05, 0) is 25.1 Å². The van der Waals surface area contributed by atoms with E-state index in [0.29, 0.717) is 5.88 Å². The Morgan fingerprint density at radius 3 is 2.89 bits per heavy atom. The van der Waals surface area contributed by atoms with Crippen LogP contribution in [0.2, 0.25) is 0 Å². The first kappa shape index (κ1) is 14.2. The quantitative estimate of drug-likeness (QED) is 0.742. The Morgan fingerprint density at radius 1 is 1.37 bits per heavy atom. The smallest absolute Gasteiger partial charge is 0.212 e. The summed E-state index contributed by atoms with van der Waals surface area (Å²) in [6, 6.07) is 3.94. The van der Waals surface area contributed by atoms with Crippen molar-refractivity contribution in [2.75, 3.05) is 46.5 Å². The second-order valence-electron chi connectivity index (χ2n) is 4.69. The zero-order valence-electron chi connectivity index (χ0n) is 11.6. The Hall–Kier alpha value is -1.17. The fourth-order valence-electron chi connectivity index (χ4n) is 2.12. The standard InChI is InChI=1S/C14H23N3O2/c1-18-14-4-3-13(12-16-14)11-15-5-2-6-17-7-9-19-10-8-17/h3-4,12,15H,2,5-11H2,1H3. The molecule has 1 saturated heterocycles. The summed E-state index contributed by atoms with van der Waals surface area (Å²) >= 11 is 0. The molecule has 1 N–H and O–H groups in total. The molecule has 0 amide bonds. The van der Waals surface area contributed by atoms with Crippen LogP contribution in [0.1, 0.15) is 12.0 Å². The van der Waals surface area contributed by atoms with Gasteiger partial charge in [-0.1, -0.05) is 6.07 Å². The van der Waals surface area contributed by atoms with Gasteiger partial charge in [0.25, 0.3) is 0 Å². The molecule has 5 heteroatoms. The largest absolute Gasteiger partial charge is 0.481 e. The highest BCUT2D eigenvalue weighted by Crippen LogP contribution is 2.06. The fourth-order valence-corrected chi connectivity index (χ4v) is 2.12. The van der Waals surface area contributed by atoms with E-state index in [1.165, 1.54) is 12.0 Å². The Morgan fingerprint density at radius 2 is 2.21 bits per heavy atom. The summed E-state index contributed by atoms with van der Waals surface area (Å²) < 4.78 is 10.4. The summed E-state index contributed by atoms with van der Waals surface area (Å²) in [7, 11) is 1.63. The van der Waals surface area contributed by atoms with Crippen LogP contribution >= 0.6 is 0 Å². The molecule has 19 heavy (non-hydrogen) atoms. The van der Waals surface area contributed by atoms with E-state index < -0.39 is 0 Å². The van der Waals surface area contributed by atoms with Crippen LogP contribution in [0, 0.1) is 0 Å². The van der Waals surface area contributed by atoms with Gasteiger partial charge in [-0.15, -0.1) is 0 Å². The summed E-state index contributed by atoms with van der Waals surface area (Å²) in [5.74, 6) is 0.663. The van der Waals surface area contributed by atoms with Gasteiger partial charge < -0.3 is 14.8 Å². The monoisotopic (exact) mass is 265 g/mol. The lowest BCUT2D eigenvalue weighted by Gasteiger charge is -2.26. The number of methoxy groups -OCH3 is 1. The molecule has 1 fully saturated rings. The minimum absolute atomic E-state index is 0.663. The predicted molar refractivity (Wildman–Crippen MR) is 74.4 cm³/mol. The number of aromatic nitrogens is 1. The van der Waals surface area contributed by atoms with Gasteiger partial charge in [0.2, 0.25) is 5.88 Å². The molecule has 1 aromatic heterocycles. The van der Waals surface area contributed by atoms with Crippen LogP contribution in [0.4, 0.5) is 0 Å². The number of hydrogen-bond acceptors (Lipinski definition) is 5.